The van der Waals surface area contributed by atoms with E-state index in [0.29, 0.717) is 17.5 Å². The zero-order valence-electron chi connectivity index (χ0n) is 18.3. The maximum atomic E-state index is 11.5. The van der Waals surface area contributed by atoms with Crippen LogP contribution in [0, 0.1) is 0 Å². The molecule has 10 nitrogen and oxygen atoms in total. The van der Waals surface area contributed by atoms with Crippen LogP contribution in [0.2, 0.25) is 0 Å². The number of benzene rings is 2. The second-order valence-electron chi connectivity index (χ2n) is 7.82. The van der Waals surface area contributed by atoms with Gasteiger partial charge in [-0.15, -0.1) is 0 Å². The monoisotopic (exact) mass is 498 g/mol. The third-order valence-corrected chi connectivity index (χ3v) is 5.76. The van der Waals surface area contributed by atoms with Crippen molar-refractivity contribution < 1.29 is 35.4 Å². The van der Waals surface area contributed by atoms with Crippen LogP contribution >= 0.6 is 0 Å². The van der Waals surface area contributed by atoms with Crippen LogP contribution in [0.15, 0.2) is 42.6 Å². The number of H-pyrrole nitrogens is 1. The molecule has 1 heterocycles. The van der Waals surface area contributed by atoms with Gasteiger partial charge in [-0.3, -0.25) is 0 Å². The van der Waals surface area contributed by atoms with Crippen molar-refractivity contribution in [2.75, 3.05) is 19.1 Å². The SMILES string of the molecule is C[C@H](Cc1c[nH]c2c(OS(C)(=O)=O)cccc12)NC[C@H](O)c1ccc(O)c(OS(C)(=O)=O)c1. The number of phenolic OH excluding ortho intramolecular Hbond substituents is 1. The molecule has 0 bridgehead atoms. The number of fused-ring (bicyclic) bond motifs is 1. The number of nitrogens with one attached hydrogen (secondary N) is 2. The smallest absolute Gasteiger partial charge is 0.306 e. The number of para-hydroxylation sites is 1. The molecule has 0 amide bonds. The van der Waals surface area contributed by atoms with E-state index in [0.717, 1.165) is 23.5 Å². The van der Waals surface area contributed by atoms with Crippen LogP contribution in [-0.2, 0) is 26.7 Å². The summed E-state index contributed by atoms with van der Waals surface area (Å²) >= 11 is 0. The highest BCUT2D eigenvalue weighted by Crippen LogP contribution is 2.31. The van der Waals surface area contributed by atoms with Crippen molar-refractivity contribution in [1.82, 2.24) is 10.3 Å². The first-order chi connectivity index (χ1) is 15.3. The summed E-state index contributed by atoms with van der Waals surface area (Å²) in [5, 5.41) is 24.3. The van der Waals surface area contributed by atoms with Crippen molar-refractivity contribution in [3.05, 3.63) is 53.7 Å². The van der Waals surface area contributed by atoms with Gasteiger partial charge in [0.2, 0.25) is 0 Å². The summed E-state index contributed by atoms with van der Waals surface area (Å²) in [6, 6.07) is 9.08. The summed E-state index contributed by atoms with van der Waals surface area (Å²) in [6.07, 6.45) is 3.22. The largest absolute Gasteiger partial charge is 0.504 e. The molecule has 0 fully saturated rings. The Kier molecular flexibility index (Phi) is 7.22. The minimum atomic E-state index is -3.83. The number of aliphatic hydroxyl groups is 1. The Hall–Kier alpha value is -2.80. The van der Waals surface area contributed by atoms with Crippen LogP contribution in [0.4, 0.5) is 0 Å². The quantitative estimate of drug-likeness (QED) is 0.306. The number of rotatable bonds is 10. The normalized spacial score (nSPS) is 14.2. The van der Waals surface area contributed by atoms with Gasteiger partial charge in [-0.05, 0) is 42.7 Å². The van der Waals surface area contributed by atoms with Gasteiger partial charge < -0.3 is 28.9 Å². The Bertz CT molecular complexity index is 1350. The van der Waals surface area contributed by atoms with Crippen molar-refractivity contribution in [3.8, 4) is 17.2 Å². The second kappa shape index (κ2) is 9.59. The molecule has 0 radical (unpaired) electrons. The lowest BCUT2D eigenvalue weighted by Crippen LogP contribution is -2.32. The van der Waals surface area contributed by atoms with E-state index in [4.69, 9.17) is 8.37 Å². The average Bonchev–Trinajstić information content (AvgIpc) is 3.09. The zero-order chi connectivity index (χ0) is 24.4. The molecule has 12 heteroatoms. The Morgan fingerprint density at radius 2 is 1.70 bits per heavy atom. The second-order valence-corrected chi connectivity index (χ2v) is 11.0. The molecule has 1 aromatic heterocycles. The number of aromatic nitrogens is 1. The summed E-state index contributed by atoms with van der Waals surface area (Å²) in [7, 11) is -7.49. The van der Waals surface area contributed by atoms with E-state index >= 15 is 0 Å². The molecule has 0 spiro atoms. The summed E-state index contributed by atoms with van der Waals surface area (Å²) in [4.78, 5) is 3.05. The topological polar surface area (TPSA) is 155 Å². The number of hydrogen-bond donors (Lipinski definition) is 4. The van der Waals surface area contributed by atoms with Crippen molar-refractivity contribution in [1.29, 1.82) is 0 Å². The van der Waals surface area contributed by atoms with Crippen LogP contribution in [0.5, 0.6) is 17.2 Å². The lowest BCUT2D eigenvalue weighted by molar-refractivity contribution is 0.170. The Morgan fingerprint density at radius 1 is 1.03 bits per heavy atom. The fourth-order valence-corrected chi connectivity index (χ4v) is 4.31. The van der Waals surface area contributed by atoms with Crippen LogP contribution in [-0.4, -0.2) is 57.1 Å². The molecule has 0 saturated carbocycles. The maximum Gasteiger partial charge on any atom is 0.306 e. The third kappa shape index (κ3) is 6.84. The predicted octanol–water partition coefficient (Wildman–Crippen LogP) is 1.80. The zero-order valence-corrected chi connectivity index (χ0v) is 19.9. The lowest BCUT2D eigenvalue weighted by Gasteiger charge is -2.18. The van der Waals surface area contributed by atoms with E-state index in [1.165, 1.54) is 18.2 Å². The summed E-state index contributed by atoms with van der Waals surface area (Å²) in [5.74, 6) is -0.388. The summed E-state index contributed by atoms with van der Waals surface area (Å²) in [6.45, 7) is 2.09. The van der Waals surface area contributed by atoms with Gasteiger partial charge in [0.15, 0.2) is 17.2 Å². The fraction of sp³-hybridized carbons (Fsp3) is 0.333. The highest BCUT2D eigenvalue weighted by Gasteiger charge is 2.17. The van der Waals surface area contributed by atoms with E-state index in [2.05, 4.69) is 10.3 Å². The number of aromatic hydroxyl groups is 1. The minimum Gasteiger partial charge on any atom is -0.504 e. The van der Waals surface area contributed by atoms with E-state index < -0.39 is 26.3 Å². The van der Waals surface area contributed by atoms with Gasteiger partial charge in [0.1, 0.15) is 0 Å². The third-order valence-electron chi connectivity index (χ3n) is 4.80. The lowest BCUT2D eigenvalue weighted by atomic mass is 10.0. The molecule has 0 aliphatic rings. The molecule has 0 saturated heterocycles. The first-order valence-electron chi connectivity index (χ1n) is 9.94. The molecule has 0 aliphatic carbocycles. The standard InChI is InChI=1S/C21H26N2O8S2/c1-13(9-15-11-23-21-16(15)5-4-6-19(21)30-32(2,26)27)22-12-18(25)14-7-8-17(24)20(10-14)31-33(3,28)29/h4-8,10-11,13,18,22-25H,9,12H2,1-3H3/t13-,18+/m1/s1. The molecule has 3 aromatic rings. The van der Waals surface area contributed by atoms with Gasteiger partial charge >= 0.3 is 20.2 Å². The van der Waals surface area contributed by atoms with Crippen LogP contribution < -0.4 is 13.7 Å². The molecule has 0 aliphatic heterocycles. The van der Waals surface area contributed by atoms with Gasteiger partial charge in [0.25, 0.3) is 0 Å². The molecule has 33 heavy (non-hydrogen) atoms. The van der Waals surface area contributed by atoms with Gasteiger partial charge in [0.05, 0.1) is 24.1 Å². The Morgan fingerprint density at radius 3 is 2.36 bits per heavy atom. The van der Waals surface area contributed by atoms with Gasteiger partial charge in [0, 0.05) is 24.2 Å². The van der Waals surface area contributed by atoms with Crippen molar-refractivity contribution >= 4 is 31.1 Å². The van der Waals surface area contributed by atoms with E-state index in [1.54, 1.807) is 18.3 Å². The van der Waals surface area contributed by atoms with Crippen LogP contribution in [0.3, 0.4) is 0 Å². The van der Waals surface area contributed by atoms with Crippen LogP contribution in [0.25, 0.3) is 10.9 Å². The first kappa shape index (κ1) is 24.8. The number of aliphatic hydroxyl groups excluding tert-OH is 1. The summed E-state index contributed by atoms with van der Waals surface area (Å²) in [5.41, 5.74) is 1.89. The van der Waals surface area contributed by atoms with Crippen LogP contribution in [0.1, 0.15) is 24.2 Å². The van der Waals surface area contributed by atoms with Gasteiger partial charge in [-0.25, -0.2) is 0 Å². The molecule has 180 valence electrons. The minimum absolute atomic E-state index is 0.0676. The summed E-state index contributed by atoms with van der Waals surface area (Å²) < 4.78 is 55.4. The van der Waals surface area contributed by atoms with Crippen molar-refractivity contribution in [2.24, 2.45) is 0 Å². The highest BCUT2D eigenvalue weighted by atomic mass is 32.2. The first-order valence-corrected chi connectivity index (χ1v) is 13.6. The molecule has 4 N–H and O–H groups in total. The Balaban J connectivity index is 1.66. The number of hydrogen-bond acceptors (Lipinski definition) is 9. The molecule has 2 aromatic carbocycles. The Labute approximate surface area is 192 Å². The molecular weight excluding hydrogens is 472 g/mol. The van der Waals surface area contributed by atoms with E-state index in [1.807, 2.05) is 13.0 Å². The molecular formula is C21H26N2O8S2. The maximum absolute atomic E-state index is 11.5. The highest BCUT2D eigenvalue weighted by molar-refractivity contribution is 7.86. The van der Waals surface area contributed by atoms with Gasteiger partial charge in [-0.1, -0.05) is 18.2 Å². The average molecular weight is 499 g/mol. The van der Waals surface area contributed by atoms with Gasteiger partial charge in [-0.2, -0.15) is 16.8 Å². The predicted molar refractivity (Wildman–Crippen MR) is 123 cm³/mol. The molecule has 2 atom stereocenters. The number of aromatic amines is 1. The van der Waals surface area contributed by atoms with Crippen molar-refractivity contribution in [3.63, 3.8) is 0 Å². The number of phenols is 1. The van der Waals surface area contributed by atoms with Crippen molar-refractivity contribution in [2.45, 2.75) is 25.5 Å². The molecule has 0 unspecified atom stereocenters. The fourth-order valence-electron chi connectivity index (χ4n) is 3.39. The van der Waals surface area contributed by atoms with E-state index in [-0.39, 0.29) is 29.8 Å². The molecule has 3 rings (SSSR count). The van der Waals surface area contributed by atoms with E-state index in [9.17, 15) is 27.0 Å².